The largest absolute Gasteiger partial charge is 0.342 e. The van der Waals surface area contributed by atoms with Crippen LogP contribution in [-0.2, 0) is 9.59 Å². The van der Waals surface area contributed by atoms with Gasteiger partial charge in [0.15, 0.2) is 0 Å². The first-order chi connectivity index (χ1) is 10.9. The molecule has 4 aliphatic rings. The van der Waals surface area contributed by atoms with Gasteiger partial charge >= 0.3 is 0 Å². The lowest BCUT2D eigenvalue weighted by Gasteiger charge is -2.42. The van der Waals surface area contributed by atoms with E-state index in [2.05, 4.69) is 0 Å². The summed E-state index contributed by atoms with van der Waals surface area (Å²) in [4.78, 5) is 28.3. The minimum Gasteiger partial charge on any atom is -0.342 e. The molecule has 2 saturated heterocycles. The summed E-state index contributed by atoms with van der Waals surface area (Å²) in [6.07, 6.45) is 4.16. The van der Waals surface area contributed by atoms with E-state index in [0.29, 0.717) is 25.4 Å². The Morgan fingerprint density at radius 3 is 2.39 bits per heavy atom. The zero-order valence-electron chi connectivity index (χ0n) is 13.4. The quantitative estimate of drug-likeness (QED) is 0.798. The van der Waals surface area contributed by atoms with Gasteiger partial charge in [-0.25, -0.2) is 8.78 Å². The highest BCUT2D eigenvalue weighted by molar-refractivity contribution is 5.81. The van der Waals surface area contributed by atoms with Crippen LogP contribution in [0.2, 0.25) is 0 Å². The van der Waals surface area contributed by atoms with Crippen molar-refractivity contribution in [1.29, 1.82) is 0 Å². The van der Waals surface area contributed by atoms with Crippen molar-refractivity contribution in [2.75, 3.05) is 26.2 Å². The number of rotatable bonds is 3. The van der Waals surface area contributed by atoms with Crippen LogP contribution in [-0.4, -0.2) is 53.7 Å². The van der Waals surface area contributed by atoms with Gasteiger partial charge in [0.05, 0.1) is 0 Å². The molecule has 4 fully saturated rings. The average Bonchev–Trinajstić information content (AvgIpc) is 3.23. The van der Waals surface area contributed by atoms with Crippen LogP contribution in [0.4, 0.5) is 8.78 Å². The second-order valence-corrected chi connectivity index (χ2v) is 8.18. The average molecular weight is 326 g/mol. The van der Waals surface area contributed by atoms with E-state index in [1.807, 2.05) is 4.90 Å². The van der Waals surface area contributed by atoms with E-state index >= 15 is 0 Å². The molecule has 1 spiro atoms. The van der Waals surface area contributed by atoms with E-state index in [-0.39, 0.29) is 30.1 Å². The summed E-state index contributed by atoms with van der Waals surface area (Å²) >= 11 is 0. The fourth-order valence-corrected chi connectivity index (χ4v) is 4.39. The number of amides is 2. The number of hydrogen-bond donors (Lipinski definition) is 0. The highest BCUT2D eigenvalue weighted by atomic mass is 19.3. The molecule has 0 atom stereocenters. The number of hydrogen-bond acceptors (Lipinski definition) is 2. The van der Waals surface area contributed by atoms with Gasteiger partial charge in [0.25, 0.3) is 0 Å². The molecule has 6 heteroatoms. The fraction of sp³-hybridized carbons (Fsp3) is 0.882. The molecule has 0 aromatic carbocycles. The summed E-state index contributed by atoms with van der Waals surface area (Å²) in [7, 11) is 0. The van der Waals surface area contributed by atoms with Crippen LogP contribution in [0, 0.1) is 17.3 Å². The predicted octanol–water partition coefficient (Wildman–Crippen LogP) is 2.28. The van der Waals surface area contributed by atoms with Gasteiger partial charge in [0.2, 0.25) is 17.7 Å². The maximum atomic E-state index is 12.9. The molecule has 23 heavy (non-hydrogen) atoms. The highest BCUT2D eigenvalue weighted by Crippen LogP contribution is 2.46. The molecular weight excluding hydrogens is 302 g/mol. The summed E-state index contributed by atoms with van der Waals surface area (Å²) in [5.41, 5.74) is 0.0201. The number of alkyl halides is 2. The summed E-state index contributed by atoms with van der Waals surface area (Å²) in [6, 6.07) is 0. The lowest BCUT2D eigenvalue weighted by atomic mass is 9.76. The zero-order chi connectivity index (χ0) is 16.2. The third-order valence-electron chi connectivity index (χ3n) is 6.16. The Balaban J connectivity index is 1.30. The minimum absolute atomic E-state index is 0.0201. The first-order valence-corrected chi connectivity index (χ1v) is 8.80. The van der Waals surface area contributed by atoms with Crippen molar-refractivity contribution in [2.24, 2.45) is 17.3 Å². The molecule has 0 radical (unpaired) electrons. The Kier molecular flexibility index (Phi) is 3.43. The molecule has 2 aliphatic carbocycles. The second-order valence-electron chi connectivity index (χ2n) is 8.18. The SMILES string of the molecule is O=C1CC2(CCN(C(=O)C3CC(F)(F)C3)CC2)CN1CC1CC1. The van der Waals surface area contributed by atoms with E-state index < -0.39 is 11.8 Å². The molecule has 4 nitrogen and oxygen atoms in total. The maximum absolute atomic E-state index is 12.9. The van der Waals surface area contributed by atoms with Crippen molar-refractivity contribution >= 4 is 11.8 Å². The third-order valence-corrected chi connectivity index (χ3v) is 6.16. The first kappa shape index (κ1) is 15.3. The normalized spacial score (nSPS) is 29.9. The van der Waals surface area contributed by atoms with Gasteiger partial charge < -0.3 is 9.80 Å². The lowest BCUT2D eigenvalue weighted by molar-refractivity contribution is -0.161. The number of likely N-dealkylation sites (tertiary alicyclic amines) is 2. The summed E-state index contributed by atoms with van der Waals surface area (Å²) in [5, 5.41) is 0. The van der Waals surface area contributed by atoms with Gasteiger partial charge in [-0.3, -0.25) is 9.59 Å². The molecule has 128 valence electrons. The van der Waals surface area contributed by atoms with Crippen LogP contribution >= 0.6 is 0 Å². The van der Waals surface area contributed by atoms with Crippen LogP contribution in [0.3, 0.4) is 0 Å². The van der Waals surface area contributed by atoms with Gasteiger partial charge in [-0.05, 0) is 31.6 Å². The Bertz CT molecular complexity index is 517. The van der Waals surface area contributed by atoms with Crippen LogP contribution in [0.15, 0.2) is 0 Å². The Labute approximate surface area is 135 Å². The van der Waals surface area contributed by atoms with E-state index in [1.165, 1.54) is 12.8 Å². The summed E-state index contributed by atoms with van der Waals surface area (Å²) in [6.45, 7) is 2.96. The third kappa shape index (κ3) is 2.96. The topological polar surface area (TPSA) is 40.6 Å². The Morgan fingerprint density at radius 2 is 1.83 bits per heavy atom. The number of carbonyl (C=O) groups excluding carboxylic acids is 2. The van der Waals surface area contributed by atoms with E-state index in [9.17, 15) is 18.4 Å². The highest BCUT2D eigenvalue weighted by Gasteiger charge is 2.51. The molecule has 2 aliphatic heterocycles. The van der Waals surface area contributed by atoms with Gasteiger partial charge in [0, 0.05) is 56.8 Å². The van der Waals surface area contributed by atoms with Crippen molar-refractivity contribution in [2.45, 2.75) is 50.9 Å². The summed E-state index contributed by atoms with van der Waals surface area (Å²) < 4.78 is 25.9. The Hall–Kier alpha value is -1.20. The van der Waals surface area contributed by atoms with Crippen molar-refractivity contribution < 1.29 is 18.4 Å². The summed E-state index contributed by atoms with van der Waals surface area (Å²) in [5.74, 6) is -2.27. The minimum atomic E-state index is -2.64. The number of piperidine rings is 1. The standard InChI is InChI=1S/C17H24F2N2O2/c18-17(19)7-13(8-17)15(23)20-5-3-16(4-6-20)9-14(22)21(11-16)10-12-1-2-12/h12-13H,1-11H2. The second kappa shape index (κ2) is 5.15. The fourth-order valence-electron chi connectivity index (χ4n) is 4.39. The van der Waals surface area contributed by atoms with Crippen molar-refractivity contribution in [3.8, 4) is 0 Å². The molecular formula is C17H24F2N2O2. The molecule has 0 bridgehead atoms. The van der Waals surface area contributed by atoms with Gasteiger partial charge in [-0.2, -0.15) is 0 Å². The van der Waals surface area contributed by atoms with E-state index in [4.69, 9.17) is 0 Å². The number of halogens is 2. The molecule has 0 unspecified atom stereocenters. The van der Waals surface area contributed by atoms with Gasteiger partial charge in [-0.1, -0.05) is 0 Å². The monoisotopic (exact) mass is 326 g/mol. The number of nitrogens with zero attached hydrogens (tertiary/aromatic N) is 2. The van der Waals surface area contributed by atoms with Crippen LogP contribution in [0.1, 0.15) is 44.9 Å². The van der Waals surface area contributed by atoms with Crippen molar-refractivity contribution in [3.63, 3.8) is 0 Å². The molecule has 2 saturated carbocycles. The van der Waals surface area contributed by atoms with Crippen LogP contribution < -0.4 is 0 Å². The molecule has 0 N–H and O–H groups in total. The van der Waals surface area contributed by atoms with Crippen molar-refractivity contribution in [1.82, 2.24) is 9.80 Å². The number of carbonyl (C=O) groups is 2. The van der Waals surface area contributed by atoms with Gasteiger partial charge in [0.1, 0.15) is 0 Å². The molecule has 0 aromatic heterocycles. The lowest BCUT2D eigenvalue weighted by Crippen LogP contribution is -2.51. The molecule has 0 aromatic rings. The van der Waals surface area contributed by atoms with Crippen LogP contribution in [0.5, 0.6) is 0 Å². The Morgan fingerprint density at radius 1 is 1.17 bits per heavy atom. The van der Waals surface area contributed by atoms with E-state index in [0.717, 1.165) is 25.9 Å². The molecule has 2 amide bonds. The molecule has 2 heterocycles. The van der Waals surface area contributed by atoms with E-state index in [1.54, 1.807) is 4.90 Å². The first-order valence-electron chi connectivity index (χ1n) is 8.80. The van der Waals surface area contributed by atoms with Crippen LogP contribution in [0.25, 0.3) is 0 Å². The predicted molar refractivity (Wildman–Crippen MR) is 79.8 cm³/mol. The maximum Gasteiger partial charge on any atom is 0.249 e. The smallest absolute Gasteiger partial charge is 0.249 e. The van der Waals surface area contributed by atoms with Gasteiger partial charge in [-0.15, -0.1) is 0 Å². The molecule has 4 rings (SSSR count). The zero-order valence-corrected chi connectivity index (χ0v) is 13.4. The van der Waals surface area contributed by atoms with Crippen molar-refractivity contribution in [3.05, 3.63) is 0 Å².